The van der Waals surface area contributed by atoms with Crippen LogP contribution in [0.1, 0.15) is 245 Å². The summed E-state index contributed by atoms with van der Waals surface area (Å²) >= 11 is 0. The quantitative estimate of drug-likeness (QED) is 0.0149. The van der Waals surface area contributed by atoms with E-state index < -0.39 is 67.4 Å². The summed E-state index contributed by atoms with van der Waals surface area (Å²) in [5.41, 5.74) is 0. The average molecular weight is 1050 g/mol. The van der Waals surface area contributed by atoms with Crippen LogP contribution in [0.2, 0.25) is 0 Å². The van der Waals surface area contributed by atoms with Crippen molar-refractivity contribution < 1.29 is 49.3 Å². The van der Waals surface area contributed by atoms with Crippen LogP contribution < -0.4 is 5.32 Å². The van der Waals surface area contributed by atoms with Crippen molar-refractivity contribution in [3.63, 3.8) is 0 Å². The molecule has 0 aliphatic carbocycles. The SMILES string of the molecule is CC/C=C/C=C/C=C\CCCCCCCC(=O)OC1C(OCC(NC(=O)C(O)CCCCCCCCC/C=C\C/C=C\C/C=C\CCCCC)C(O)/C=C/CCCCCCCCCCCCC)OC(CO)C(O)C1O. The van der Waals surface area contributed by atoms with Crippen molar-refractivity contribution in [3.05, 3.63) is 85.1 Å². The minimum Gasteiger partial charge on any atom is -0.454 e. The van der Waals surface area contributed by atoms with Gasteiger partial charge in [-0.25, -0.2) is 0 Å². The first-order chi connectivity index (χ1) is 36.7. The van der Waals surface area contributed by atoms with Gasteiger partial charge in [-0.1, -0.05) is 241 Å². The van der Waals surface area contributed by atoms with Crippen LogP contribution >= 0.6 is 0 Å². The highest BCUT2D eigenvalue weighted by atomic mass is 16.7. The van der Waals surface area contributed by atoms with E-state index in [1.165, 1.54) is 96.3 Å². The van der Waals surface area contributed by atoms with Gasteiger partial charge in [0.05, 0.1) is 25.4 Å². The highest BCUT2D eigenvalue weighted by Gasteiger charge is 2.47. The van der Waals surface area contributed by atoms with Gasteiger partial charge in [0.2, 0.25) is 5.91 Å². The highest BCUT2D eigenvalue weighted by molar-refractivity contribution is 5.80. The Bertz CT molecular complexity index is 1540. The third-order valence-corrected chi connectivity index (χ3v) is 13.8. The third-order valence-electron chi connectivity index (χ3n) is 13.8. The van der Waals surface area contributed by atoms with E-state index in [1.807, 2.05) is 24.3 Å². The predicted octanol–water partition coefficient (Wildman–Crippen LogP) is 14.2. The number of amides is 1. The molecule has 0 aromatic carbocycles. The molecule has 11 nitrogen and oxygen atoms in total. The lowest BCUT2D eigenvalue weighted by atomic mass is 9.99. The number of unbranched alkanes of at least 4 members (excludes halogenated alkanes) is 26. The summed E-state index contributed by atoms with van der Waals surface area (Å²) in [4.78, 5) is 26.5. The van der Waals surface area contributed by atoms with Crippen LogP contribution in [0.15, 0.2) is 85.1 Å². The summed E-state index contributed by atoms with van der Waals surface area (Å²) < 4.78 is 17.6. The van der Waals surface area contributed by atoms with Crippen LogP contribution in [0.3, 0.4) is 0 Å². The van der Waals surface area contributed by atoms with Crippen molar-refractivity contribution in [1.82, 2.24) is 5.32 Å². The van der Waals surface area contributed by atoms with Crippen LogP contribution in [0.25, 0.3) is 0 Å². The summed E-state index contributed by atoms with van der Waals surface area (Å²) in [5.74, 6) is -1.23. The first kappa shape index (κ1) is 69.9. The molecule has 0 aromatic heterocycles. The first-order valence-electron chi connectivity index (χ1n) is 30.4. The minimum atomic E-state index is -1.63. The van der Waals surface area contributed by atoms with Crippen LogP contribution in [0.5, 0.6) is 0 Å². The number of rotatable bonds is 50. The number of aliphatic hydroxyl groups excluding tert-OH is 5. The van der Waals surface area contributed by atoms with Gasteiger partial charge in [-0.05, 0) is 83.5 Å². The van der Waals surface area contributed by atoms with Crippen molar-refractivity contribution >= 4 is 11.9 Å². The predicted molar refractivity (Wildman–Crippen MR) is 310 cm³/mol. The fourth-order valence-electron chi connectivity index (χ4n) is 9.01. The van der Waals surface area contributed by atoms with Crippen LogP contribution in [0, 0.1) is 0 Å². The van der Waals surface area contributed by atoms with E-state index >= 15 is 0 Å². The van der Waals surface area contributed by atoms with E-state index in [2.05, 4.69) is 80.8 Å². The number of ether oxygens (including phenoxy) is 3. The van der Waals surface area contributed by atoms with Gasteiger partial charge in [-0.15, -0.1) is 0 Å². The Kier molecular flexibility index (Phi) is 48.0. The summed E-state index contributed by atoms with van der Waals surface area (Å²) in [7, 11) is 0. The zero-order valence-electron chi connectivity index (χ0n) is 47.6. The largest absolute Gasteiger partial charge is 0.454 e. The second-order valence-electron chi connectivity index (χ2n) is 20.8. The molecular weight excluding hydrogens is 943 g/mol. The van der Waals surface area contributed by atoms with Gasteiger partial charge in [-0.3, -0.25) is 9.59 Å². The summed E-state index contributed by atoms with van der Waals surface area (Å²) in [6.07, 6.45) is 56.2. The van der Waals surface area contributed by atoms with E-state index in [9.17, 15) is 35.1 Å². The molecule has 1 heterocycles. The molecule has 1 aliphatic rings. The molecule has 1 amide bonds. The Morgan fingerprint density at radius 2 is 1.01 bits per heavy atom. The van der Waals surface area contributed by atoms with Gasteiger partial charge < -0.3 is 45.1 Å². The maximum Gasteiger partial charge on any atom is 0.306 e. The molecule has 6 N–H and O–H groups in total. The van der Waals surface area contributed by atoms with Crippen LogP contribution in [-0.2, 0) is 23.8 Å². The molecule has 0 radical (unpaired) electrons. The van der Waals surface area contributed by atoms with E-state index in [4.69, 9.17) is 14.2 Å². The van der Waals surface area contributed by atoms with E-state index in [1.54, 1.807) is 6.08 Å². The Labute approximate surface area is 457 Å². The van der Waals surface area contributed by atoms with E-state index in [0.717, 1.165) is 103 Å². The van der Waals surface area contributed by atoms with E-state index in [0.29, 0.717) is 12.8 Å². The van der Waals surface area contributed by atoms with Crippen molar-refractivity contribution in [2.45, 2.75) is 294 Å². The van der Waals surface area contributed by atoms with Gasteiger partial charge in [-0.2, -0.15) is 0 Å². The maximum absolute atomic E-state index is 13.4. The number of esters is 1. The molecule has 8 unspecified atom stereocenters. The maximum atomic E-state index is 13.4. The minimum absolute atomic E-state index is 0.0962. The number of hydrogen-bond acceptors (Lipinski definition) is 10. The van der Waals surface area contributed by atoms with Gasteiger partial charge in [0.25, 0.3) is 0 Å². The first-order valence-corrected chi connectivity index (χ1v) is 30.4. The lowest BCUT2D eigenvalue weighted by Crippen LogP contribution is -2.61. The Morgan fingerprint density at radius 1 is 0.547 bits per heavy atom. The van der Waals surface area contributed by atoms with Gasteiger partial charge in [0.1, 0.15) is 24.4 Å². The third kappa shape index (κ3) is 39.8. The van der Waals surface area contributed by atoms with Crippen molar-refractivity contribution in [2.24, 2.45) is 0 Å². The summed E-state index contributed by atoms with van der Waals surface area (Å²) in [5, 5.41) is 56.9. The highest BCUT2D eigenvalue weighted by Crippen LogP contribution is 2.26. The smallest absolute Gasteiger partial charge is 0.306 e. The fraction of sp³-hybridized carbons (Fsp3) is 0.750. The zero-order valence-corrected chi connectivity index (χ0v) is 47.6. The lowest BCUT2D eigenvalue weighted by molar-refractivity contribution is -0.305. The Morgan fingerprint density at radius 3 is 1.57 bits per heavy atom. The number of allylic oxidation sites excluding steroid dienone is 13. The standard InChI is InChI=1S/C64H111NO10/c1-4-7-10-13-16-19-22-25-26-27-28-29-30-31-34-36-39-42-45-48-51-57(68)63(72)65-55(56(67)50-47-44-41-38-35-32-23-20-17-14-11-8-5-2)54-73-64-62(61(71)60(70)58(53-66)74-64)75-59(69)52-49-46-43-40-37-33-24-21-18-15-12-9-6-3/h9,12,15-16,18-19,21,24-26,28-29,47,50,55-58,60-62,64,66-68,70-71H,4-8,10-11,13-14,17,20,22-23,27,30-46,48-49,51-54H2,1-3H3,(H,65,72)/b12-9+,18-15+,19-16-,24-21-,26-25-,29-28-,50-47+. The normalized spacial score (nSPS) is 19.8. The zero-order chi connectivity index (χ0) is 54.7. The fourth-order valence-corrected chi connectivity index (χ4v) is 9.01. The van der Waals surface area contributed by atoms with Gasteiger partial charge in [0, 0.05) is 6.42 Å². The molecule has 0 saturated carbocycles. The van der Waals surface area contributed by atoms with Crippen LogP contribution in [0.4, 0.5) is 0 Å². The molecule has 1 rings (SSSR count). The van der Waals surface area contributed by atoms with E-state index in [-0.39, 0.29) is 19.4 Å². The van der Waals surface area contributed by atoms with Gasteiger partial charge in [0.15, 0.2) is 12.4 Å². The monoisotopic (exact) mass is 1050 g/mol. The molecule has 8 atom stereocenters. The molecule has 1 fully saturated rings. The van der Waals surface area contributed by atoms with Crippen LogP contribution in [-0.4, -0.2) is 99.6 Å². The summed E-state index contributed by atoms with van der Waals surface area (Å²) in [6, 6.07) is -1.04. The molecule has 0 aromatic rings. The number of carbonyl (C=O) groups excluding carboxylic acids is 2. The molecule has 11 heteroatoms. The molecule has 432 valence electrons. The molecule has 75 heavy (non-hydrogen) atoms. The van der Waals surface area contributed by atoms with Crippen molar-refractivity contribution in [2.75, 3.05) is 13.2 Å². The molecule has 1 aliphatic heterocycles. The molecule has 1 saturated heterocycles. The summed E-state index contributed by atoms with van der Waals surface area (Å²) in [6.45, 7) is 5.60. The lowest BCUT2D eigenvalue weighted by Gasteiger charge is -2.41. The Hall–Kier alpha value is -3.16. The van der Waals surface area contributed by atoms with Crippen molar-refractivity contribution in [3.8, 4) is 0 Å². The second-order valence-corrected chi connectivity index (χ2v) is 20.8. The number of hydrogen-bond donors (Lipinski definition) is 6. The topological polar surface area (TPSA) is 175 Å². The number of aliphatic hydroxyl groups is 5. The van der Waals surface area contributed by atoms with Crippen molar-refractivity contribution in [1.29, 1.82) is 0 Å². The second kappa shape index (κ2) is 51.6. The molecular formula is C64H111NO10. The average Bonchev–Trinajstić information content (AvgIpc) is 3.41. The molecule has 0 spiro atoms. The number of carbonyl (C=O) groups is 2. The number of nitrogens with one attached hydrogen (secondary N) is 1. The van der Waals surface area contributed by atoms with Gasteiger partial charge >= 0.3 is 5.97 Å². The molecule has 0 bridgehead atoms. The Balaban J connectivity index is 2.71.